The molecule has 46 heavy (non-hydrogen) atoms. The second-order valence-corrected chi connectivity index (χ2v) is 17.8. The summed E-state index contributed by atoms with van der Waals surface area (Å²) >= 11 is 12.6. The predicted octanol–water partition coefficient (Wildman–Crippen LogP) is 9.32. The van der Waals surface area contributed by atoms with Crippen molar-refractivity contribution in [1.82, 2.24) is 0 Å². The molecule has 1 aromatic rings. The lowest BCUT2D eigenvalue weighted by molar-refractivity contribution is -0.185. The molecular weight excluding hydrogens is 615 g/mol. The topological polar surface area (TPSA) is 103 Å². The highest BCUT2D eigenvalue weighted by Gasteiger charge is 2.69. The van der Waals surface area contributed by atoms with E-state index in [0.717, 1.165) is 62.6 Å². The minimum atomic E-state index is -0.496. The van der Waals surface area contributed by atoms with Gasteiger partial charge in [-0.25, -0.2) is 0 Å². The van der Waals surface area contributed by atoms with Crippen molar-refractivity contribution in [3.63, 3.8) is 0 Å². The van der Waals surface area contributed by atoms with Gasteiger partial charge in [0.05, 0.1) is 5.41 Å². The van der Waals surface area contributed by atoms with Gasteiger partial charge in [-0.05, 0) is 116 Å². The maximum atomic E-state index is 14.4. The molecule has 0 spiro atoms. The summed E-state index contributed by atoms with van der Waals surface area (Å²) in [6.45, 7) is 17.4. The second-order valence-electron chi connectivity index (χ2n) is 16.9. The van der Waals surface area contributed by atoms with Gasteiger partial charge in [0.1, 0.15) is 6.61 Å². The lowest BCUT2D eigenvalue weighted by Gasteiger charge is -2.71. The Morgan fingerprint density at radius 1 is 0.978 bits per heavy atom. The molecule has 0 bridgehead atoms. The third-order valence-corrected chi connectivity index (χ3v) is 15.4. The monoisotopic (exact) mass is 668 g/mol. The Morgan fingerprint density at radius 3 is 2.41 bits per heavy atom. The van der Waals surface area contributed by atoms with Gasteiger partial charge < -0.3 is 16.2 Å². The van der Waals surface area contributed by atoms with Gasteiger partial charge in [-0.2, -0.15) is 5.10 Å². The molecule has 4 saturated carbocycles. The summed E-state index contributed by atoms with van der Waals surface area (Å²) < 4.78 is 6.20. The zero-order valence-electron chi connectivity index (χ0n) is 28.9. The number of allylic oxidation sites excluding steroid dienone is 2. The number of nitrogens with two attached hydrogens (primary N) is 2. The highest BCUT2D eigenvalue weighted by atomic mass is 35.5. The summed E-state index contributed by atoms with van der Waals surface area (Å²) in [6.07, 6.45) is 11.9. The van der Waals surface area contributed by atoms with Crippen LogP contribution in [-0.2, 0) is 16.1 Å². The van der Waals surface area contributed by atoms with Crippen molar-refractivity contribution in [1.29, 1.82) is 0 Å². The summed E-state index contributed by atoms with van der Waals surface area (Å²) in [5, 5.41) is 9.76. The first-order chi connectivity index (χ1) is 21.5. The predicted molar refractivity (Wildman–Crippen MR) is 188 cm³/mol. The van der Waals surface area contributed by atoms with Gasteiger partial charge in [-0.15, -0.1) is 5.10 Å². The maximum Gasteiger partial charge on any atom is 0.313 e. The molecule has 1 aromatic carbocycles. The first-order valence-corrected chi connectivity index (χ1v) is 18.2. The fraction of sp³-hybridized carbons (Fsp3) is 0.711. The van der Waals surface area contributed by atoms with E-state index in [-0.39, 0.29) is 46.1 Å². The number of guanidine groups is 1. The largest absolute Gasteiger partial charge is 0.460 e. The number of hydrogen-bond acceptors (Lipinski definition) is 4. The van der Waals surface area contributed by atoms with Crippen LogP contribution in [0.2, 0.25) is 10.0 Å². The van der Waals surface area contributed by atoms with Crippen LogP contribution >= 0.6 is 23.2 Å². The van der Waals surface area contributed by atoms with Crippen molar-refractivity contribution in [2.24, 2.45) is 78.3 Å². The number of esters is 1. The maximum absolute atomic E-state index is 14.4. The highest BCUT2D eigenvalue weighted by Crippen LogP contribution is 2.75. The number of carbonyl (C=O) groups is 1. The van der Waals surface area contributed by atoms with Crippen LogP contribution in [-0.4, -0.2) is 17.6 Å². The molecule has 6 nitrogen and oxygen atoms in total. The lowest BCUT2D eigenvalue weighted by atomic mass is 9.33. The number of nitrogens with zero attached hydrogens (tertiary/aromatic N) is 2. The van der Waals surface area contributed by atoms with E-state index < -0.39 is 5.41 Å². The van der Waals surface area contributed by atoms with E-state index in [1.165, 1.54) is 6.42 Å². The summed E-state index contributed by atoms with van der Waals surface area (Å²) in [5.74, 6) is 2.18. The van der Waals surface area contributed by atoms with Crippen LogP contribution < -0.4 is 11.5 Å². The van der Waals surface area contributed by atoms with Crippen LogP contribution in [0.3, 0.4) is 0 Å². The van der Waals surface area contributed by atoms with Crippen LogP contribution in [0.25, 0.3) is 0 Å². The minimum absolute atomic E-state index is 0.0167. The molecule has 4 fully saturated rings. The highest BCUT2D eigenvalue weighted by molar-refractivity contribution is 6.35. The van der Waals surface area contributed by atoms with Gasteiger partial charge in [-0.3, -0.25) is 4.79 Å². The molecule has 0 radical (unpaired) electrons. The van der Waals surface area contributed by atoms with Crippen molar-refractivity contribution in [2.75, 3.05) is 0 Å². The smallest absolute Gasteiger partial charge is 0.313 e. The van der Waals surface area contributed by atoms with Gasteiger partial charge in [0.15, 0.2) is 0 Å². The van der Waals surface area contributed by atoms with Crippen LogP contribution in [0.15, 0.2) is 40.1 Å². The molecule has 6 rings (SSSR count). The molecular formula is C38H54Cl2N4O2. The molecule has 5 aliphatic carbocycles. The average molecular weight is 670 g/mol. The van der Waals surface area contributed by atoms with Gasteiger partial charge in [0, 0.05) is 26.7 Å². The second kappa shape index (κ2) is 11.5. The Morgan fingerprint density at radius 2 is 1.72 bits per heavy atom. The first kappa shape index (κ1) is 33.8. The van der Waals surface area contributed by atoms with E-state index in [2.05, 4.69) is 64.7 Å². The van der Waals surface area contributed by atoms with Gasteiger partial charge in [-0.1, -0.05) is 89.4 Å². The SMILES string of the molecule is C[C@H]1[C@H](C)CC[C@]2(C(=O)OCc3ccc(Cl)cc3Cl)CC[C@]3(C)C(=CC[C@@H]4[C@@]5(C)CC/C(=N\N=C(N)N)C(C)(C)[C@@H]5CC[C@]43C)[C@H]12. The summed E-state index contributed by atoms with van der Waals surface area (Å²) in [4.78, 5) is 14.4. The third-order valence-electron chi connectivity index (χ3n) is 14.8. The van der Waals surface area contributed by atoms with Crippen LogP contribution in [0.5, 0.6) is 0 Å². The lowest BCUT2D eigenvalue weighted by Crippen LogP contribution is -2.65. The molecule has 4 N–H and O–H groups in total. The number of carbonyl (C=O) groups excluding carboxylic acids is 1. The Hall–Kier alpha value is -2.05. The van der Waals surface area contributed by atoms with Gasteiger partial charge in [0.2, 0.25) is 5.96 Å². The van der Waals surface area contributed by atoms with Crippen LogP contribution in [0.4, 0.5) is 0 Å². The number of halogens is 2. The molecule has 0 saturated heterocycles. The van der Waals surface area contributed by atoms with E-state index in [4.69, 9.17) is 39.4 Å². The number of hydrogen-bond donors (Lipinski definition) is 2. The van der Waals surface area contributed by atoms with E-state index in [0.29, 0.717) is 33.7 Å². The molecule has 5 aliphatic rings. The quantitative estimate of drug-likeness (QED) is 0.110. The number of benzene rings is 1. The van der Waals surface area contributed by atoms with E-state index in [1.54, 1.807) is 17.7 Å². The fourth-order valence-corrected chi connectivity index (χ4v) is 12.3. The standard InChI is InChI=1S/C38H54Cl2N4O2/c1-22-12-17-38(32(45)46-21-24-8-9-25(39)20-27(24)40)19-18-36(6)26(31(38)23(22)2)10-11-29-35(5)15-14-30(43-44-33(41)42)34(3,4)28(35)13-16-37(29,36)7/h8-10,20,22-23,28-29,31H,11-19,21H2,1-7H3,(H4,41,42,44)/b43-30+/t22-,23+,28+,29-,31+,35+,36-,37-,38+/m1/s1. The zero-order chi connectivity index (χ0) is 33.4. The first-order valence-electron chi connectivity index (χ1n) is 17.5. The van der Waals surface area contributed by atoms with Crippen LogP contribution in [0, 0.1) is 56.7 Å². The Labute approximate surface area is 286 Å². The van der Waals surface area contributed by atoms with E-state index in [9.17, 15) is 4.79 Å². The van der Waals surface area contributed by atoms with Crippen molar-refractivity contribution in [2.45, 2.75) is 113 Å². The molecule has 0 aromatic heterocycles. The molecule has 252 valence electrons. The average Bonchev–Trinajstić information content (AvgIpc) is 2.98. The van der Waals surface area contributed by atoms with Gasteiger partial charge >= 0.3 is 5.97 Å². The normalized spacial score (nSPS) is 42.1. The van der Waals surface area contributed by atoms with Crippen LogP contribution in [0.1, 0.15) is 112 Å². The van der Waals surface area contributed by atoms with E-state index >= 15 is 0 Å². The number of rotatable bonds is 4. The third kappa shape index (κ3) is 4.89. The van der Waals surface area contributed by atoms with Crippen molar-refractivity contribution >= 4 is 40.8 Å². The zero-order valence-corrected chi connectivity index (χ0v) is 30.4. The molecule has 0 amide bonds. The molecule has 8 heteroatoms. The van der Waals surface area contributed by atoms with Gasteiger partial charge in [0.25, 0.3) is 0 Å². The molecule has 9 atom stereocenters. The number of fused-ring (bicyclic) bond motifs is 7. The number of ether oxygens (including phenoxy) is 1. The van der Waals surface area contributed by atoms with E-state index in [1.807, 2.05) is 6.07 Å². The fourth-order valence-electron chi connectivity index (χ4n) is 11.9. The molecule has 0 heterocycles. The Kier molecular flexibility index (Phi) is 8.48. The summed E-state index contributed by atoms with van der Waals surface area (Å²) in [6, 6.07) is 5.38. The Balaban J connectivity index is 1.35. The Bertz CT molecular complexity index is 1500. The van der Waals surface area contributed by atoms with Crippen molar-refractivity contribution in [3.8, 4) is 0 Å². The minimum Gasteiger partial charge on any atom is -0.460 e. The summed E-state index contributed by atoms with van der Waals surface area (Å²) in [5.41, 5.74) is 14.6. The molecule has 0 aliphatic heterocycles. The summed E-state index contributed by atoms with van der Waals surface area (Å²) in [7, 11) is 0. The van der Waals surface area contributed by atoms with Crippen molar-refractivity contribution in [3.05, 3.63) is 45.5 Å². The molecule has 0 unspecified atom stereocenters. The van der Waals surface area contributed by atoms with Crippen molar-refractivity contribution < 1.29 is 9.53 Å².